The molecule has 1 N–H and O–H groups in total. The Kier molecular flexibility index (Phi) is 4.26. The fraction of sp³-hybridized carbons (Fsp3) is 0.571. The fourth-order valence-corrected chi connectivity index (χ4v) is 2.42. The van der Waals surface area contributed by atoms with Crippen molar-refractivity contribution in [3.8, 4) is 11.5 Å². The average Bonchev–Trinajstić information content (AvgIpc) is 2.39. The van der Waals surface area contributed by atoms with E-state index in [4.69, 9.17) is 9.47 Å². The molecular formula is C14H21NO2. The molecule has 1 heterocycles. The van der Waals surface area contributed by atoms with Crippen LogP contribution >= 0.6 is 0 Å². The maximum Gasteiger partial charge on any atom is 0.122 e. The van der Waals surface area contributed by atoms with Crippen molar-refractivity contribution >= 4 is 0 Å². The Bertz CT molecular complexity index is 337. The number of benzene rings is 1. The summed E-state index contributed by atoms with van der Waals surface area (Å²) in [6.07, 6.45) is 3.69. The van der Waals surface area contributed by atoms with Crippen molar-refractivity contribution in [3.05, 3.63) is 23.8 Å². The van der Waals surface area contributed by atoms with Gasteiger partial charge in [0, 0.05) is 6.07 Å². The molecule has 0 amide bonds. The lowest BCUT2D eigenvalue weighted by atomic mass is 9.92. The molecule has 0 spiro atoms. The van der Waals surface area contributed by atoms with E-state index in [-0.39, 0.29) is 0 Å². The van der Waals surface area contributed by atoms with E-state index in [2.05, 4.69) is 17.4 Å². The third-order valence-electron chi connectivity index (χ3n) is 3.33. The van der Waals surface area contributed by atoms with E-state index in [0.717, 1.165) is 36.9 Å². The first kappa shape index (κ1) is 12.2. The van der Waals surface area contributed by atoms with Crippen LogP contribution in [0.25, 0.3) is 0 Å². The maximum absolute atomic E-state index is 5.29. The Hall–Kier alpha value is -1.22. The summed E-state index contributed by atoms with van der Waals surface area (Å²) in [6, 6.07) is 6.14. The minimum atomic E-state index is 0.737. The monoisotopic (exact) mass is 235 g/mol. The highest BCUT2D eigenvalue weighted by atomic mass is 16.5. The zero-order valence-corrected chi connectivity index (χ0v) is 10.7. The molecule has 0 saturated carbocycles. The molecule has 3 heteroatoms. The van der Waals surface area contributed by atoms with Crippen molar-refractivity contribution < 1.29 is 9.47 Å². The molecule has 0 bridgehead atoms. The molecule has 0 aromatic heterocycles. The number of piperidine rings is 1. The van der Waals surface area contributed by atoms with Gasteiger partial charge < -0.3 is 14.8 Å². The van der Waals surface area contributed by atoms with Gasteiger partial charge in [0.15, 0.2) is 0 Å². The van der Waals surface area contributed by atoms with Gasteiger partial charge in [-0.05, 0) is 56.0 Å². The molecule has 1 fully saturated rings. The molecule has 1 aliphatic rings. The lowest BCUT2D eigenvalue weighted by Crippen LogP contribution is -2.30. The highest BCUT2D eigenvalue weighted by molar-refractivity contribution is 5.38. The molecule has 3 nitrogen and oxygen atoms in total. The van der Waals surface area contributed by atoms with E-state index in [1.54, 1.807) is 14.2 Å². The van der Waals surface area contributed by atoms with Gasteiger partial charge in [0.05, 0.1) is 14.2 Å². The smallest absolute Gasteiger partial charge is 0.122 e. The van der Waals surface area contributed by atoms with Crippen LogP contribution in [-0.2, 0) is 6.42 Å². The van der Waals surface area contributed by atoms with Gasteiger partial charge in [-0.3, -0.25) is 0 Å². The van der Waals surface area contributed by atoms with Gasteiger partial charge in [0.2, 0.25) is 0 Å². The lowest BCUT2D eigenvalue weighted by molar-refractivity contribution is 0.371. The summed E-state index contributed by atoms with van der Waals surface area (Å²) in [5.41, 5.74) is 1.30. The minimum absolute atomic E-state index is 0.737. The van der Waals surface area contributed by atoms with Gasteiger partial charge in [-0.25, -0.2) is 0 Å². The molecule has 0 aliphatic carbocycles. The van der Waals surface area contributed by atoms with Crippen molar-refractivity contribution in [3.63, 3.8) is 0 Å². The van der Waals surface area contributed by atoms with Crippen molar-refractivity contribution in [2.45, 2.75) is 19.3 Å². The Morgan fingerprint density at radius 3 is 2.41 bits per heavy atom. The quantitative estimate of drug-likeness (QED) is 0.868. The zero-order chi connectivity index (χ0) is 12.1. The second-order valence-corrected chi connectivity index (χ2v) is 4.64. The Balaban J connectivity index is 2.07. The second-order valence-electron chi connectivity index (χ2n) is 4.64. The van der Waals surface area contributed by atoms with Crippen LogP contribution in [0.15, 0.2) is 18.2 Å². The van der Waals surface area contributed by atoms with Gasteiger partial charge in [0.1, 0.15) is 11.5 Å². The summed E-state index contributed by atoms with van der Waals surface area (Å²) >= 11 is 0. The van der Waals surface area contributed by atoms with E-state index in [9.17, 15) is 0 Å². The molecule has 1 aliphatic heterocycles. The van der Waals surface area contributed by atoms with Crippen molar-refractivity contribution in [1.82, 2.24) is 5.32 Å². The molecule has 1 saturated heterocycles. The number of nitrogens with one attached hydrogen (secondary N) is 1. The highest BCUT2D eigenvalue weighted by Gasteiger charge is 2.14. The van der Waals surface area contributed by atoms with Gasteiger partial charge in [-0.2, -0.15) is 0 Å². The van der Waals surface area contributed by atoms with E-state index < -0.39 is 0 Å². The Morgan fingerprint density at radius 1 is 1.18 bits per heavy atom. The first-order valence-electron chi connectivity index (χ1n) is 6.24. The number of hydrogen-bond acceptors (Lipinski definition) is 3. The standard InChI is InChI=1S/C14H21NO2/c1-16-13-7-12(8-14(9-13)17-2)6-11-4-3-5-15-10-11/h7-9,11,15H,3-6,10H2,1-2H3/t11-/m1/s1. The molecule has 94 valence electrons. The molecule has 2 rings (SSSR count). The maximum atomic E-state index is 5.29. The first-order chi connectivity index (χ1) is 8.31. The van der Waals surface area contributed by atoms with Gasteiger partial charge in [0.25, 0.3) is 0 Å². The SMILES string of the molecule is COc1cc(C[C@H]2CCCNC2)cc(OC)c1. The Labute approximate surface area is 103 Å². The number of rotatable bonds is 4. The summed E-state index contributed by atoms with van der Waals surface area (Å²) in [5.74, 6) is 2.49. The molecule has 17 heavy (non-hydrogen) atoms. The highest BCUT2D eigenvalue weighted by Crippen LogP contribution is 2.25. The van der Waals surface area contributed by atoms with Crippen LogP contribution in [0.4, 0.5) is 0 Å². The van der Waals surface area contributed by atoms with Crippen LogP contribution in [-0.4, -0.2) is 27.3 Å². The van der Waals surface area contributed by atoms with Gasteiger partial charge >= 0.3 is 0 Å². The van der Waals surface area contributed by atoms with Crippen molar-refractivity contribution in [2.75, 3.05) is 27.3 Å². The summed E-state index contributed by atoms with van der Waals surface area (Å²) < 4.78 is 10.6. The summed E-state index contributed by atoms with van der Waals surface area (Å²) in [5, 5.41) is 3.45. The number of hydrogen-bond donors (Lipinski definition) is 1. The third kappa shape index (κ3) is 3.37. The van der Waals surface area contributed by atoms with Crippen LogP contribution < -0.4 is 14.8 Å². The van der Waals surface area contributed by atoms with Gasteiger partial charge in [-0.1, -0.05) is 0 Å². The van der Waals surface area contributed by atoms with Crippen LogP contribution in [0.2, 0.25) is 0 Å². The topological polar surface area (TPSA) is 30.5 Å². The van der Waals surface area contributed by atoms with Gasteiger partial charge in [-0.15, -0.1) is 0 Å². The summed E-state index contributed by atoms with van der Waals surface area (Å²) in [7, 11) is 3.39. The molecule has 1 aromatic carbocycles. The second kappa shape index (κ2) is 5.92. The van der Waals surface area contributed by atoms with E-state index >= 15 is 0 Å². The molecule has 1 atom stereocenters. The predicted molar refractivity (Wildman–Crippen MR) is 68.8 cm³/mol. The third-order valence-corrected chi connectivity index (χ3v) is 3.33. The van der Waals surface area contributed by atoms with Crippen LogP contribution in [0.3, 0.4) is 0 Å². The van der Waals surface area contributed by atoms with Crippen LogP contribution in [0.5, 0.6) is 11.5 Å². The fourth-order valence-electron chi connectivity index (χ4n) is 2.42. The van der Waals surface area contributed by atoms with Crippen molar-refractivity contribution in [1.29, 1.82) is 0 Å². The van der Waals surface area contributed by atoms with Crippen molar-refractivity contribution in [2.24, 2.45) is 5.92 Å². The predicted octanol–water partition coefficient (Wildman–Crippen LogP) is 2.25. The summed E-state index contributed by atoms with van der Waals surface area (Å²) in [4.78, 5) is 0. The molecule has 0 radical (unpaired) electrons. The summed E-state index contributed by atoms with van der Waals surface area (Å²) in [6.45, 7) is 2.29. The number of ether oxygens (including phenoxy) is 2. The van der Waals surface area contributed by atoms with Crippen LogP contribution in [0, 0.1) is 5.92 Å². The first-order valence-corrected chi connectivity index (χ1v) is 6.24. The largest absolute Gasteiger partial charge is 0.497 e. The molecular weight excluding hydrogens is 214 g/mol. The van der Waals surface area contributed by atoms with Crippen LogP contribution in [0.1, 0.15) is 18.4 Å². The van der Waals surface area contributed by atoms with E-state index in [1.807, 2.05) is 6.07 Å². The average molecular weight is 235 g/mol. The number of methoxy groups -OCH3 is 2. The Morgan fingerprint density at radius 2 is 1.88 bits per heavy atom. The molecule has 0 unspecified atom stereocenters. The van der Waals surface area contributed by atoms with E-state index in [0.29, 0.717) is 0 Å². The normalized spacial score (nSPS) is 20.0. The van der Waals surface area contributed by atoms with E-state index in [1.165, 1.54) is 18.4 Å². The lowest BCUT2D eigenvalue weighted by Gasteiger charge is -2.23. The zero-order valence-electron chi connectivity index (χ0n) is 10.7. The molecule has 1 aromatic rings. The minimum Gasteiger partial charge on any atom is -0.497 e.